The zero-order valence-corrected chi connectivity index (χ0v) is 14.7. The Morgan fingerprint density at radius 3 is 2.50 bits per heavy atom. The van der Waals surface area contributed by atoms with Crippen molar-refractivity contribution in [3.8, 4) is 16.9 Å². The van der Waals surface area contributed by atoms with E-state index in [0.29, 0.717) is 11.3 Å². The van der Waals surface area contributed by atoms with Gasteiger partial charge in [0.2, 0.25) is 0 Å². The lowest BCUT2D eigenvalue weighted by Gasteiger charge is -2.37. The molecule has 0 bridgehead atoms. The summed E-state index contributed by atoms with van der Waals surface area (Å²) in [6.07, 6.45) is 0. The highest BCUT2D eigenvalue weighted by Gasteiger charge is 2.36. The molecule has 1 atom stereocenters. The Labute approximate surface area is 151 Å². The second-order valence-electron chi connectivity index (χ2n) is 6.22. The Morgan fingerprint density at radius 1 is 0.962 bits per heavy atom. The third-order valence-electron chi connectivity index (χ3n) is 4.62. The van der Waals surface area contributed by atoms with Crippen molar-refractivity contribution in [2.45, 2.75) is 17.9 Å². The molecular formula is C20H16FNO3S. The van der Waals surface area contributed by atoms with E-state index < -0.39 is 21.9 Å². The molecule has 4 nitrogen and oxygen atoms in total. The van der Waals surface area contributed by atoms with Gasteiger partial charge >= 0.3 is 0 Å². The van der Waals surface area contributed by atoms with Gasteiger partial charge in [-0.1, -0.05) is 30.3 Å². The summed E-state index contributed by atoms with van der Waals surface area (Å²) in [5.74, 6) is -0.542. The number of phenolic OH excluding ortho intramolecular Hbond substituents is 1. The first-order valence-electron chi connectivity index (χ1n) is 8.12. The molecule has 0 spiro atoms. The molecule has 0 radical (unpaired) electrons. The van der Waals surface area contributed by atoms with Crippen LogP contribution in [0.3, 0.4) is 0 Å². The molecule has 0 aliphatic carbocycles. The van der Waals surface area contributed by atoms with Crippen LogP contribution in [0.4, 0.5) is 10.1 Å². The molecule has 1 unspecified atom stereocenters. The van der Waals surface area contributed by atoms with Crippen LogP contribution in [-0.4, -0.2) is 13.5 Å². The van der Waals surface area contributed by atoms with E-state index in [1.807, 2.05) is 12.1 Å². The summed E-state index contributed by atoms with van der Waals surface area (Å²) in [4.78, 5) is -0.0148. The minimum absolute atomic E-state index is 0.0148. The zero-order chi connectivity index (χ0) is 18.5. The van der Waals surface area contributed by atoms with E-state index >= 15 is 0 Å². The number of halogens is 1. The van der Waals surface area contributed by atoms with Gasteiger partial charge in [-0.15, -0.1) is 0 Å². The second-order valence-corrected chi connectivity index (χ2v) is 8.04. The van der Waals surface area contributed by atoms with Crippen molar-refractivity contribution >= 4 is 15.7 Å². The molecular weight excluding hydrogens is 353 g/mol. The smallest absolute Gasteiger partial charge is 0.265 e. The standard InChI is InChI=1S/C20H16FNO3S/c1-13-19-11-14(21)9-10-17(19)18-7-2-3-8-20(18)22(13)26(24,25)16-6-4-5-15(23)12-16/h2-13,23H,1H3. The van der Waals surface area contributed by atoms with Crippen molar-refractivity contribution in [2.24, 2.45) is 0 Å². The average Bonchev–Trinajstić information content (AvgIpc) is 2.62. The van der Waals surface area contributed by atoms with Crippen molar-refractivity contribution in [3.63, 3.8) is 0 Å². The van der Waals surface area contributed by atoms with Crippen LogP contribution < -0.4 is 4.31 Å². The lowest BCUT2D eigenvalue weighted by atomic mass is 9.90. The number of anilines is 1. The van der Waals surface area contributed by atoms with Crippen molar-refractivity contribution in [1.82, 2.24) is 0 Å². The molecule has 132 valence electrons. The lowest BCUT2D eigenvalue weighted by molar-refractivity contribution is 0.473. The van der Waals surface area contributed by atoms with Crippen LogP contribution >= 0.6 is 0 Å². The summed E-state index contributed by atoms with van der Waals surface area (Å²) in [5, 5.41) is 9.70. The van der Waals surface area contributed by atoms with E-state index in [0.717, 1.165) is 11.1 Å². The highest BCUT2D eigenvalue weighted by Crippen LogP contribution is 2.47. The normalized spacial score (nSPS) is 16.1. The number of rotatable bonds is 2. The molecule has 26 heavy (non-hydrogen) atoms. The highest BCUT2D eigenvalue weighted by molar-refractivity contribution is 7.92. The first-order valence-corrected chi connectivity index (χ1v) is 9.56. The Balaban J connectivity index is 1.98. The van der Waals surface area contributed by atoms with Gasteiger partial charge < -0.3 is 5.11 Å². The van der Waals surface area contributed by atoms with Crippen LogP contribution in [-0.2, 0) is 10.0 Å². The molecule has 0 amide bonds. The summed E-state index contributed by atoms with van der Waals surface area (Å²) < 4.78 is 41.8. The van der Waals surface area contributed by atoms with Gasteiger partial charge in [-0.25, -0.2) is 12.8 Å². The van der Waals surface area contributed by atoms with Gasteiger partial charge in [0.05, 0.1) is 16.6 Å². The van der Waals surface area contributed by atoms with Crippen molar-refractivity contribution in [2.75, 3.05) is 4.31 Å². The topological polar surface area (TPSA) is 57.6 Å². The van der Waals surface area contributed by atoms with Crippen LogP contribution in [0.1, 0.15) is 18.5 Å². The molecule has 1 aliphatic rings. The first-order chi connectivity index (χ1) is 12.4. The number of sulfonamides is 1. The monoisotopic (exact) mass is 369 g/mol. The molecule has 0 saturated carbocycles. The number of para-hydroxylation sites is 1. The molecule has 1 heterocycles. The zero-order valence-electron chi connectivity index (χ0n) is 13.9. The van der Waals surface area contributed by atoms with Gasteiger partial charge in [0.25, 0.3) is 10.0 Å². The predicted octanol–water partition coefficient (Wildman–Crippen LogP) is 4.47. The number of aromatic hydroxyl groups is 1. The van der Waals surface area contributed by atoms with Gasteiger partial charge in [-0.2, -0.15) is 0 Å². The summed E-state index contributed by atoms with van der Waals surface area (Å²) in [7, 11) is -3.95. The quantitative estimate of drug-likeness (QED) is 0.725. The largest absolute Gasteiger partial charge is 0.508 e. The number of benzene rings is 3. The van der Waals surface area contributed by atoms with Gasteiger partial charge in [0.1, 0.15) is 11.6 Å². The van der Waals surface area contributed by atoms with Gasteiger partial charge in [0, 0.05) is 11.6 Å². The second kappa shape index (κ2) is 5.85. The number of fused-ring (bicyclic) bond motifs is 3. The van der Waals surface area contributed by atoms with E-state index in [4.69, 9.17) is 0 Å². The van der Waals surface area contributed by atoms with Gasteiger partial charge in [-0.05, 0) is 48.4 Å². The Hall–Kier alpha value is -2.86. The van der Waals surface area contributed by atoms with Crippen LogP contribution in [0.25, 0.3) is 11.1 Å². The average molecular weight is 369 g/mol. The molecule has 3 aromatic rings. The third-order valence-corrected chi connectivity index (χ3v) is 6.50. The molecule has 0 aromatic heterocycles. The SMILES string of the molecule is CC1c2cc(F)ccc2-c2ccccc2N1S(=O)(=O)c1cccc(O)c1. The van der Waals surface area contributed by atoms with Crippen LogP contribution in [0.15, 0.2) is 71.6 Å². The summed E-state index contributed by atoms with van der Waals surface area (Å²) in [6.45, 7) is 1.73. The minimum Gasteiger partial charge on any atom is -0.508 e. The molecule has 6 heteroatoms. The molecule has 1 aliphatic heterocycles. The summed E-state index contributed by atoms with van der Waals surface area (Å²) in [5.41, 5.74) is 2.68. The first kappa shape index (κ1) is 16.6. The maximum atomic E-state index is 13.8. The summed E-state index contributed by atoms with van der Waals surface area (Å²) in [6, 6.07) is 16.5. The minimum atomic E-state index is -3.95. The molecule has 1 N–H and O–H groups in total. The highest BCUT2D eigenvalue weighted by atomic mass is 32.2. The van der Waals surface area contributed by atoms with E-state index in [-0.39, 0.29) is 10.6 Å². The lowest BCUT2D eigenvalue weighted by Crippen LogP contribution is -2.36. The Bertz CT molecular complexity index is 1110. The predicted molar refractivity (Wildman–Crippen MR) is 98.0 cm³/mol. The van der Waals surface area contributed by atoms with Gasteiger partial charge in [-0.3, -0.25) is 4.31 Å². The van der Waals surface area contributed by atoms with E-state index in [1.165, 1.54) is 40.7 Å². The van der Waals surface area contributed by atoms with Crippen molar-refractivity contribution < 1.29 is 17.9 Å². The van der Waals surface area contributed by atoms with E-state index in [9.17, 15) is 17.9 Å². The number of hydrogen-bond donors (Lipinski definition) is 1. The van der Waals surface area contributed by atoms with Crippen LogP contribution in [0.5, 0.6) is 5.75 Å². The van der Waals surface area contributed by atoms with Crippen LogP contribution in [0.2, 0.25) is 0 Å². The maximum absolute atomic E-state index is 13.8. The Kier molecular flexibility index (Phi) is 3.73. The number of nitrogens with zero attached hydrogens (tertiary/aromatic N) is 1. The fraction of sp³-hybridized carbons (Fsp3) is 0.100. The molecule has 4 rings (SSSR count). The molecule has 3 aromatic carbocycles. The van der Waals surface area contributed by atoms with Gasteiger partial charge in [0.15, 0.2) is 0 Å². The number of hydrogen-bond acceptors (Lipinski definition) is 3. The fourth-order valence-corrected chi connectivity index (χ4v) is 5.14. The maximum Gasteiger partial charge on any atom is 0.265 e. The van der Waals surface area contributed by atoms with Crippen molar-refractivity contribution in [3.05, 3.63) is 78.1 Å². The Morgan fingerprint density at radius 2 is 1.73 bits per heavy atom. The fourth-order valence-electron chi connectivity index (χ4n) is 3.45. The van der Waals surface area contributed by atoms with Crippen molar-refractivity contribution in [1.29, 1.82) is 0 Å². The molecule has 0 fully saturated rings. The molecule has 0 saturated heterocycles. The van der Waals surface area contributed by atoms with E-state index in [1.54, 1.807) is 25.1 Å². The summed E-state index contributed by atoms with van der Waals surface area (Å²) >= 11 is 0. The number of phenols is 1. The van der Waals surface area contributed by atoms with Crippen LogP contribution in [0, 0.1) is 5.82 Å². The third kappa shape index (κ3) is 2.45. The van der Waals surface area contributed by atoms with E-state index in [2.05, 4.69) is 0 Å².